The summed E-state index contributed by atoms with van der Waals surface area (Å²) < 4.78 is 0. The van der Waals surface area contributed by atoms with Gasteiger partial charge in [-0.3, -0.25) is 9.69 Å². The average molecular weight is 485 g/mol. The zero-order chi connectivity index (χ0) is 22.8. The van der Waals surface area contributed by atoms with Gasteiger partial charge in [0.25, 0.3) is 0 Å². The Morgan fingerprint density at radius 3 is 2.30 bits per heavy atom. The van der Waals surface area contributed by atoms with Crippen LogP contribution in [0.4, 0.5) is 5.69 Å². The number of likely N-dealkylation sites (tertiary alicyclic amines) is 1. The van der Waals surface area contributed by atoms with Crippen LogP contribution < -0.4 is 5.32 Å². The quantitative estimate of drug-likeness (QED) is 0.490. The van der Waals surface area contributed by atoms with E-state index in [4.69, 9.17) is 23.2 Å². The number of nitrogens with one attached hydrogen (secondary N) is 1. The molecule has 176 valence electrons. The minimum absolute atomic E-state index is 0.0517. The van der Waals surface area contributed by atoms with E-state index in [-0.39, 0.29) is 18.0 Å². The van der Waals surface area contributed by atoms with Crippen molar-refractivity contribution in [3.05, 3.63) is 63.6 Å². The van der Waals surface area contributed by atoms with Crippen LogP contribution in [0.3, 0.4) is 0 Å². The Bertz CT molecular complexity index is 959. The molecule has 1 saturated carbocycles. The summed E-state index contributed by atoms with van der Waals surface area (Å²) in [4.78, 5) is 16.4. The Hall–Kier alpha value is -1.55. The summed E-state index contributed by atoms with van der Waals surface area (Å²) in [5.41, 5.74) is 3.65. The van der Waals surface area contributed by atoms with Crippen LogP contribution in [0.25, 0.3) is 0 Å². The van der Waals surface area contributed by atoms with Crippen LogP contribution in [0.15, 0.2) is 42.5 Å². The minimum Gasteiger partial charge on any atom is -0.380 e. The standard InChI is InChI=1S/C28H34Cl2N2O/c29-22-10-6-11-23(30)26(22)20-15-17-32(18-16-20)27(28(33)21-8-2-1-3-9-21)25-14-13-19-7-4-5-12-24(19)31-25/h4-7,10-12,20-21,25,27,31H,1-3,8-9,13-18H2. The fourth-order valence-corrected chi connectivity index (χ4v) is 7.03. The molecule has 2 atom stereocenters. The van der Waals surface area contributed by atoms with E-state index in [1.165, 1.54) is 30.5 Å². The van der Waals surface area contributed by atoms with E-state index in [1.54, 1.807) is 0 Å². The lowest BCUT2D eigenvalue weighted by Crippen LogP contribution is -2.56. The van der Waals surface area contributed by atoms with Crippen LogP contribution >= 0.6 is 23.2 Å². The molecule has 3 nitrogen and oxygen atoms in total. The van der Waals surface area contributed by atoms with Gasteiger partial charge in [-0.25, -0.2) is 0 Å². The lowest BCUT2D eigenvalue weighted by Gasteiger charge is -2.44. The SMILES string of the molecule is O=C(C1CCCCC1)C(C1CCc2ccccc2N1)N1CCC(c2c(Cl)cccc2Cl)CC1. The van der Waals surface area contributed by atoms with E-state index in [0.717, 1.165) is 67.2 Å². The van der Waals surface area contributed by atoms with Gasteiger partial charge in [0, 0.05) is 27.7 Å². The second-order valence-electron chi connectivity index (χ2n) is 10.1. The molecule has 0 radical (unpaired) electrons. The molecular weight excluding hydrogens is 451 g/mol. The molecule has 2 aliphatic heterocycles. The van der Waals surface area contributed by atoms with E-state index >= 15 is 0 Å². The maximum atomic E-state index is 13.9. The van der Waals surface area contributed by atoms with Crippen molar-refractivity contribution in [1.29, 1.82) is 0 Å². The number of nitrogens with zero attached hydrogens (tertiary/aromatic N) is 1. The molecule has 1 N–H and O–H groups in total. The second-order valence-corrected chi connectivity index (χ2v) is 10.9. The number of benzene rings is 2. The van der Waals surface area contributed by atoms with Gasteiger partial charge in [-0.15, -0.1) is 0 Å². The van der Waals surface area contributed by atoms with Crippen molar-refractivity contribution in [1.82, 2.24) is 4.90 Å². The van der Waals surface area contributed by atoms with Gasteiger partial charge < -0.3 is 5.32 Å². The first-order chi connectivity index (χ1) is 16.1. The Labute approximate surface area is 207 Å². The third-order valence-corrected chi connectivity index (χ3v) is 8.75. The average Bonchev–Trinajstić information content (AvgIpc) is 2.85. The predicted octanol–water partition coefficient (Wildman–Crippen LogP) is 7.12. The molecule has 3 aliphatic rings. The highest BCUT2D eigenvalue weighted by molar-refractivity contribution is 6.36. The van der Waals surface area contributed by atoms with E-state index in [2.05, 4.69) is 34.5 Å². The van der Waals surface area contributed by atoms with Crippen LogP contribution in [0.2, 0.25) is 10.0 Å². The molecule has 1 aliphatic carbocycles. The largest absolute Gasteiger partial charge is 0.380 e. The maximum absolute atomic E-state index is 13.9. The van der Waals surface area contributed by atoms with Crippen molar-refractivity contribution in [3.8, 4) is 0 Å². The van der Waals surface area contributed by atoms with Crippen molar-refractivity contribution in [2.75, 3.05) is 18.4 Å². The van der Waals surface area contributed by atoms with Crippen LogP contribution in [0, 0.1) is 5.92 Å². The fourth-order valence-electron chi connectivity index (χ4n) is 6.33. The van der Waals surface area contributed by atoms with Crippen molar-refractivity contribution in [3.63, 3.8) is 0 Å². The first-order valence-electron chi connectivity index (χ1n) is 12.7. The third-order valence-electron chi connectivity index (χ3n) is 8.09. The highest BCUT2D eigenvalue weighted by Gasteiger charge is 2.40. The van der Waals surface area contributed by atoms with Crippen molar-refractivity contribution in [2.24, 2.45) is 5.92 Å². The zero-order valence-electron chi connectivity index (χ0n) is 19.2. The Morgan fingerprint density at radius 1 is 0.879 bits per heavy atom. The number of ketones is 1. The topological polar surface area (TPSA) is 32.3 Å². The van der Waals surface area contributed by atoms with E-state index in [0.29, 0.717) is 11.7 Å². The highest BCUT2D eigenvalue weighted by atomic mass is 35.5. The van der Waals surface area contributed by atoms with Crippen LogP contribution in [-0.2, 0) is 11.2 Å². The van der Waals surface area contributed by atoms with Crippen molar-refractivity contribution >= 4 is 34.7 Å². The molecule has 0 spiro atoms. The van der Waals surface area contributed by atoms with Gasteiger partial charge in [-0.05, 0) is 86.9 Å². The van der Waals surface area contributed by atoms with Crippen LogP contribution in [0.1, 0.15) is 68.4 Å². The minimum atomic E-state index is -0.0517. The summed E-state index contributed by atoms with van der Waals surface area (Å²) in [6, 6.07) is 14.5. The van der Waals surface area contributed by atoms with Gasteiger partial charge in [0.1, 0.15) is 0 Å². The number of carbonyl (C=O) groups excluding carboxylic acids is 1. The van der Waals surface area contributed by atoms with Gasteiger partial charge >= 0.3 is 0 Å². The summed E-state index contributed by atoms with van der Waals surface area (Å²) in [5.74, 6) is 1.05. The first-order valence-corrected chi connectivity index (χ1v) is 13.4. The Kier molecular flexibility index (Phi) is 7.30. The maximum Gasteiger partial charge on any atom is 0.155 e. The Balaban J connectivity index is 1.35. The second kappa shape index (κ2) is 10.4. The van der Waals surface area contributed by atoms with E-state index in [9.17, 15) is 4.79 Å². The molecule has 2 unspecified atom stereocenters. The normalized spacial score (nSPS) is 23.5. The molecule has 33 heavy (non-hydrogen) atoms. The number of Topliss-reactive ketones (excluding diaryl/α,β-unsaturated/α-hetero) is 1. The summed E-state index contributed by atoms with van der Waals surface area (Å²) in [6.45, 7) is 1.82. The molecule has 2 aromatic carbocycles. The number of rotatable bonds is 5. The van der Waals surface area contributed by atoms with Gasteiger partial charge in [0.05, 0.1) is 6.04 Å². The molecule has 2 fully saturated rings. The number of piperidine rings is 1. The highest BCUT2D eigenvalue weighted by Crippen LogP contribution is 2.39. The van der Waals surface area contributed by atoms with Crippen molar-refractivity contribution in [2.45, 2.75) is 75.8 Å². The van der Waals surface area contributed by atoms with E-state index in [1.807, 2.05) is 18.2 Å². The summed E-state index contributed by atoms with van der Waals surface area (Å²) in [7, 11) is 0. The van der Waals surface area contributed by atoms with Gasteiger partial charge in [0.15, 0.2) is 5.78 Å². The number of aryl methyl sites for hydroxylation is 1. The first kappa shape index (κ1) is 23.2. The number of hydrogen-bond acceptors (Lipinski definition) is 3. The monoisotopic (exact) mass is 484 g/mol. The number of para-hydroxylation sites is 1. The van der Waals surface area contributed by atoms with Crippen molar-refractivity contribution < 1.29 is 4.79 Å². The molecular formula is C28H34Cl2N2O. The fraction of sp³-hybridized carbons (Fsp3) is 0.536. The number of hydrogen-bond donors (Lipinski definition) is 1. The molecule has 5 rings (SSSR count). The van der Waals surface area contributed by atoms with Gasteiger partial charge in [-0.2, -0.15) is 0 Å². The lowest BCUT2D eigenvalue weighted by molar-refractivity contribution is -0.130. The van der Waals surface area contributed by atoms with Gasteiger partial charge in [-0.1, -0.05) is 66.7 Å². The summed E-state index contributed by atoms with van der Waals surface area (Å²) in [6.07, 6.45) is 9.79. The van der Waals surface area contributed by atoms with Gasteiger partial charge in [0.2, 0.25) is 0 Å². The third kappa shape index (κ3) is 4.97. The predicted molar refractivity (Wildman–Crippen MR) is 138 cm³/mol. The molecule has 0 bridgehead atoms. The number of carbonyl (C=O) groups is 1. The molecule has 1 saturated heterocycles. The van der Waals surface area contributed by atoms with E-state index < -0.39 is 0 Å². The van der Waals surface area contributed by atoms with Crippen LogP contribution in [0.5, 0.6) is 0 Å². The summed E-state index contributed by atoms with van der Waals surface area (Å²) >= 11 is 13.0. The summed E-state index contributed by atoms with van der Waals surface area (Å²) in [5, 5.41) is 5.30. The molecule has 0 amide bonds. The Morgan fingerprint density at radius 2 is 1.58 bits per heavy atom. The molecule has 0 aromatic heterocycles. The molecule has 5 heteroatoms. The zero-order valence-corrected chi connectivity index (χ0v) is 20.8. The number of anilines is 1. The van der Waals surface area contributed by atoms with Crippen LogP contribution in [-0.4, -0.2) is 35.9 Å². The lowest BCUT2D eigenvalue weighted by atomic mass is 9.79. The molecule has 2 aromatic rings. The number of fused-ring (bicyclic) bond motifs is 1. The smallest absolute Gasteiger partial charge is 0.155 e. The molecule has 2 heterocycles. The number of halogens is 2.